The van der Waals surface area contributed by atoms with Crippen LogP contribution in [0.1, 0.15) is 18.1 Å². The second kappa shape index (κ2) is 9.71. The molecule has 0 aromatic heterocycles. The van der Waals surface area contributed by atoms with Gasteiger partial charge in [0.25, 0.3) is 5.91 Å². The third-order valence-electron chi connectivity index (χ3n) is 2.59. The predicted molar refractivity (Wildman–Crippen MR) is 76.8 cm³/mol. The highest BCUT2D eigenvalue weighted by Crippen LogP contribution is 2.20. The van der Waals surface area contributed by atoms with Gasteiger partial charge in [0.05, 0.1) is 12.7 Å². The summed E-state index contributed by atoms with van der Waals surface area (Å²) in [6.45, 7) is 0.190. The topological polar surface area (TPSA) is 99.0 Å². The van der Waals surface area contributed by atoms with Crippen molar-refractivity contribution >= 4 is 5.91 Å². The van der Waals surface area contributed by atoms with Crippen molar-refractivity contribution in [3.8, 4) is 5.75 Å². The van der Waals surface area contributed by atoms with Crippen LogP contribution in [0.2, 0.25) is 0 Å². The van der Waals surface area contributed by atoms with Crippen molar-refractivity contribution in [1.82, 2.24) is 5.48 Å². The van der Waals surface area contributed by atoms with E-state index in [9.17, 15) is 9.90 Å². The zero-order valence-electron chi connectivity index (χ0n) is 11.5. The minimum absolute atomic E-state index is 0.0446. The summed E-state index contributed by atoms with van der Waals surface area (Å²) >= 11 is 0. The number of nitrogens with one attached hydrogen (secondary N) is 1. The van der Waals surface area contributed by atoms with Gasteiger partial charge in [0.15, 0.2) is 0 Å². The molecular weight excluding hydrogens is 274 g/mol. The SMILES string of the molecule is O=C(/C=C/C=C/C[C@@H](O)c1ccc(OCCO)cc1)NO. The van der Waals surface area contributed by atoms with Gasteiger partial charge in [-0.1, -0.05) is 30.4 Å². The standard InChI is InChI=1S/C15H19NO5/c17-10-11-21-13-8-6-12(7-9-13)14(18)4-2-1-3-5-15(19)16-20/h1-3,5-9,14,17-18,20H,4,10-11H2,(H,16,19)/b2-1+,5-3+/t14-/m1/s1. The molecule has 1 aromatic carbocycles. The van der Waals surface area contributed by atoms with Crippen molar-refractivity contribution in [3.63, 3.8) is 0 Å². The van der Waals surface area contributed by atoms with Gasteiger partial charge in [-0.15, -0.1) is 0 Å². The lowest BCUT2D eigenvalue weighted by Crippen LogP contribution is -2.14. The number of hydroxylamine groups is 1. The molecule has 0 bridgehead atoms. The number of carbonyl (C=O) groups is 1. The highest BCUT2D eigenvalue weighted by molar-refractivity contribution is 5.86. The molecule has 0 radical (unpaired) electrons. The van der Waals surface area contributed by atoms with Gasteiger partial charge in [0.1, 0.15) is 12.4 Å². The normalized spacial score (nSPS) is 12.7. The van der Waals surface area contributed by atoms with Crippen LogP contribution in [0, 0.1) is 0 Å². The number of amides is 1. The Morgan fingerprint density at radius 3 is 2.62 bits per heavy atom. The molecule has 114 valence electrons. The van der Waals surface area contributed by atoms with Gasteiger partial charge in [-0.2, -0.15) is 0 Å². The molecule has 0 aliphatic heterocycles. The molecule has 1 rings (SSSR count). The van der Waals surface area contributed by atoms with Crippen molar-refractivity contribution in [1.29, 1.82) is 0 Å². The van der Waals surface area contributed by atoms with Crippen molar-refractivity contribution in [2.24, 2.45) is 0 Å². The van der Waals surface area contributed by atoms with E-state index < -0.39 is 12.0 Å². The average molecular weight is 293 g/mol. The zero-order chi connectivity index (χ0) is 15.5. The molecule has 0 heterocycles. The molecule has 0 saturated heterocycles. The molecule has 1 amide bonds. The Labute approximate surface area is 122 Å². The number of ether oxygens (including phenoxy) is 1. The maximum Gasteiger partial charge on any atom is 0.267 e. The van der Waals surface area contributed by atoms with Gasteiger partial charge >= 0.3 is 0 Å². The van der Waals surface area contributed by atoms with Crippen LogP contribution in [0.15, 0.2) is 48.6 Å². The number of allylic oxidation sites excluding steroid dienone is 2. The summed E-state index contributed by atoms with van der Waals surface area (Å²) in [7, 11) is 0. The van der Waals surface area contributed by atoms with Crippen LogP contribution >= 0.6 is 0 Å². The Morgan fingerprint density at radius 2 is 2.00 bits per heavy atom. The lowest BCUT2D eigenvalue weighted by atomic mass is 10.1. The van der Waals surface area contributed by atoms with Crippen molar-refractivity contribution in [3.05, 3.63) is 54.1 Å². The summed E-state index contributed by atoms with van der Waals surface area (Å²) in [4.78, 5) is 10.7. The quantitative estimate of drug-likeness (QED) is 0.249. The second-order valence-electron chi connectivity index (χ2n) is 4.16. The Hall–Kier alpha value is -2.15. The first-order valence-electron chi connectivity index (χ1n) is 6.46. The van der Waals surface area contributed by atoms with Gasteiger partial charge in [0, 0.05) is 6.08 Å². The number of benzene rings is 1. The summed E-state index contributed by atoms with van der Waals surface area (Å²) in [6.07, 6.45) is 5.68. The minimum Gasteiger partial charge on any atom is -0.491 e. The van der Waals surface area contributed by atoms with Crippen LogP contribution in [-0.4, -0.2) is 34.5 Å². The monoisotopic (exact) mass is 293 g/mol. The van der Waals surface area contributed by atoms with E-state index in [0.717, 1.165) is 11.6 Å². The Balaban J connectivity index is 2.44. The lowest BCUT2D eigenvalue weighted by Gasteiger charge is -2.09. The summed E-state index contributed by atoms with van der Waals surface area (Å²) in [5.74, 6) is 0.0205. The van der Waals surface area contributed by atoms with Crippen LogP contribution in [-0.2, 0) is 4.79 Å². The smallest absolute Gasteiger partial charge is 0.267 e. The van der Waals surface area contributed by atoms with Crippen molar-refractivity contribution in [2.75, 3.05) is 13.2 Å². The predicted octanol–water partition coefficient (Wildman–Crippen LogP) is 1.10. The summed E-state index contributed by atoms with van der Waals surface area (Å²) in [5.41, 5.74) is 2.22. The van der Waals surface area contributed by atoms with Gasteiger partial charge in [-0.05, 0) is 24.1 Å². The molecule has 1 atom stereocenters. The van der Waals surface area contributed by atoms with Gasteiger partial charge in [0.2, 0.25) is 0 Å². The van der Waals surface area contributed by atoms with Gasteiger partial charge in [-0.25, -0.2) is 5.48 Å². The van der Waals surface area contributed by atoms with Crippen LogP contribution in [0.5, 0.6) is 5.75 Å². The highest BCUT2D eigenvalue weighted by Gasteiger charge is 2.05. The second-order valence-corrected chi connectivity index (χ2v) is 4.16. The van der Waals surface area contributed by atoms with Crippen LogP contribution in [0.3, 0.4) is 0 Å². The molecule has 0 spiro atoms. The fraction of sp³-hybridized carbons (Fsp3) is 0.267. The number of aliphatic hydroxyl groups excluding tert-OH is 2. The number of rotatable bonds is 8. The summed E-state index contributed by atoms with van der Waals surface area (Å²) in [5, 5.41) is 26.9. The van der Waals surface area contributed by atoms with Gasteiger partial charge in [-0.3, -0.25) is 10.0 Å². The third-order valence-corrected chi connectivity index (χ3v) is 2.59. The number of carbonyl (C=O) groups excluding carboxylic acids is 1. The molecule has 0 unspecified atom stereocenters. The molecule has 21 heavy (non-hydrogen) atoms. The fourth-order valence-corrected chi connectivity index (χ4v) is 1.55. The molecule has 0 fully saturated rings. The molecule has 1 aromatic rings. The van der Waals surface area contributed by atoms with E-state index >= 15 is 0 Å². The maximum absolute atomic E-state index is 10.7. The first kappa shape index (κ1) is 16.9. The van der Waals surface area contributed by atoms with Crippen molar-refractivity contribution in [2.45, 2.75) is 12.5 Å². The molecule has 0 saturated carbocycles. The Bertz CT molecular complexity index is 481. The number of hydrogen-bond acceptors (Lipinski definition) is 5. The number of aliphatic hydroxyl groups is 2. The Kier molecular flexibility index (Phi) is 7.81. The first-order chi connectivity index (χ1) is 10.2. The Morgan fingerprint density at radius 1 is 1.29 bits per heavy atom. The van der Waals surface area contributed by atoms with Gasteiger partial charge < -0.3 is 14.9 Å². The maximum atomic E-state index is 10.7. The van der Waals surface area contributed by atoms with Crippen LogP contribution in [0.4, 0.5) is 0 Å². The molecule has 0 aliphatic rings. The summed E-state index contributed by atoms with van der Waals surface area (Å²) in [6, 6.07) is 6.95. The minimum atomic E-state index is -0.659. The lowest BCUT2D eigenvalue weighted by molar-refractivity contribution is -0.124. The van der Waals surface area contributed by atoms with Crippen LogP contribution < -0.4 is 10.2 Å². The van der Waals surface area contributed by atoms with E-state index in [1.54, 1.807) is 36.4 Å². The van der Waals surface area contributed by atoms with Crippen molar-refractivity contribution < 1.29 is 25.0 Å². The van der Waals surface area contributed by atoms with E-state index in [2.05, 4.69) is 0 Å². The average Bonchev–Trinajstić information content (AvgIpc) is 2.52. The first-order valence-corrected chi connectivity index (χ1v) is 6.46. The van der Waals surface area contributed by atoms with E-state index in [0.29, 0.717) is 12.2 Å². The zero-order valence-corrected chi connectivity index (χ0v) is 11.5. The van der Waals surface area contributed by atoms with E-state index in [1.807, 2.05) is 0 Å². The fourth-order valence-electron chi connectivity index (χ4n) is 1.55. The largest absolute Gasteiger partial charge is 0.491 e. The molecular formula is C15H19NO5. The van der Waals surface area contributed by atoms with E-state index in [4.69, 9.17) is 15.1 Å². The highest BCUT2D eigenvalue weighted by atomic mass is 16.5. The van der Waals surface area contributed by atoms with E-state index in [1.165, 1.54) is 11.6 Å². The third kappa shape index (κ3) is 6.71. The summed E-state index contributed by atoms with van der Waals surface area (Å²) < 4.78 is 5.22. The van der Waals surface area contributed by atoms with Crippen LogP contribution in [0.25, 0.3) is 0 Å². The van der Waals surface area contributed by atoms with E-state index in [-0.39, 0.29) is 13.2 Å². The molecule has 6 nitrogen and oxygen atoms in total. The number of hydrogen-bond donors (Lipinski definition) is 4. The molecule has 0 aliphatic carbocycles. The molecule has 6 heteroatoms. The molecule has 4 N–H and O–H groups in total.